The number of halogens is 2. The molecule has 8 atom stereocenters. The van der Waals surface area contributed by atoms with Gasteiger partial charge in [0.25, 0.3) is 5.91 Å². The van der Waals surface area contributed by atoms with E-state index in [1.807, 2.05) is 0 Å². The van der Waals surface area contributed by atoms with Crippen molar-refractivity contribution in [3.63, 3.8) is 0 Å². The molecule has 6 aliphatic rings. The molecule has 3 fully saturated rings. The van der Waals surface area contributed by atoms with Crippen molar-refractivity contribution in [1.29, 1.82) is 0 Å². The Bertz CT molecular complexity index is 2580. The summed E-state index contributed by atoms with van der Waals surface area (Å²) in [5, 5.41) is 12.9. The number of aromatic hydroxyl groups is 1. The van der Waals surface area contributed by atoms with Gasteiger partial charge in [0.05, 0.1) is 6.54 Å². The van der Waals surface area contributed by atoms with Crippen LogP contribution in [0.15, 0.2) is 63.3 Å². The first-order valence-electron chi connectivity index (χ1n) is 26.2. The summed E-state index contributed by atoms with van der Waals surface area (Å²) in [4.78, 5) is 50.7. The second-order valence-electron chi connectivity index (χ2n) is 22.7. The van der Waals surface area contributed by atoms with Crippen molar-refractivity contribution in [2.75, 3.05) is 6.54 Å². The zero-order valence-electron chi connectivity index (χ0n) is 41.5. The first-order chi connectivity index (χ1) is 32.5. The normalized spacial score (nSPS) is 26.0. The molecule has 2 N–H and O–H groups in total. The van der Waals surface area contributed by atoms with Crippen molar-refractivity contribution in [1.82, 2.24) is 5.32 Å². The fourth-order valence-electron chi connectivity index (χ4n) is 14.2. The predicted octanol–water partition coefficient (Wildman–Crippen LogP) is 14.5. The number of carbonyl (C=O) groups is 3. The van der Waals surface area contributed by atoms with Gasteiger partial charge in [-0.2, -0.15) is 0 Å². The van der Waals surface area contributed by atoms with E-state index in [1.54, 1.807) is 30.7 Å². The average molecular weight is 932 g/mol. The number of fused-ring (bicyclic) bond motifs is 7. The largest absolute Gasteiger partial charge is 0.505 e. The van der Waals surface area contributed by atoms with Crippen LogP contribution >= 0.6 is 0 Å². The van der Waals surface area contributed by atoms with Gasteiger partial charge in [-0.25, -0.2) is 8.78 Å². The van der Waals surface area contributed by atoms with Crippen molar-refractivity contribution in [2.45, 2.75) is 164 Å². The molecular weight excluding hydrogens is 857 g/mol. The Morgan fingerprint density at radius 2 is 1.60 bits per heavy atom. The van der Waals surface area contributed by atoms with Gasteiger partial charge in [0.2, 0.25) is 5.43 Å². The Morgan fingerprint density at radius 1 is 0.824 bits per heavy atom. The van der Waals surface area contributed by atoms with Gasteiger partial charge in [0.15, 0.2) is 23.2 Å². The lowest BCUT2D eigenvalue weighted by Crippen LogP contribution is -2.50. The summed E-state index contributed by atoms with van der Waals surface area (Å²) in [7, 11) is 0. The Hall–Kier alpha value is -4.66. The summed E-state index contributed by atoms with van der Waals surface area (Å²) in [6, 6.07) is 9.03. The summed E-state index contributed by atoms with van der Waals surface area (Å²) in [5.74, 6) is 3.02. The van der Waals surface area contributed by atoms with Crippen molar-refractivity contribution >= 4 is 28.4 Å². The molecule has 9 heteroatoms. The van der Waals surface area contributed by atoms with Gasteiger partial charge in [0.1, 0.15) is 17.1 Å². The molecule has 3 saturated carbocycles. The topological polar surface area (TPSA) is 114 Å². The van der Waals surface area contributed by atoms with E-state index in [0.29, 0.717) is 46.8 Å². The maximum Gasteiger partial charge on any atom is 0.251 e. The van der Waals surface area contributed by atoms with Crippen LogP contribution in [0.2, 0.25) is 0 Å². The highest BCUT2D eigenvalue weighted by molar-refractivity contribution is 6.04. The van der Waals surface area contributed by atoms with Crippen LogP contribution in [0.1, 0.15) is 173 Å². The summed E-state index contributed by atoms with van der Waals surface area (Å²) in [6.45, 7) is 14.2. The number of aryl methyl sites for hydroxylation is 1. The van der Waals surface area contributed by atoms with Crippen molar-refractivity contribution < 1.29 is 32.7 Å². The number of carbonyl (C=O) groups excluding carboxylic acids is 3. The highest BCUT2D eigenvalue weighted by Gasteiger charge is 2.59. The predicted molar refractivity (Wildman–Crippen MR) is 267 cm³/mol. The minimum Gasteiger partial charge on any atom is -0.505 e. The number of ketones is 2. The number of Topliss-reactive ketones (excluding diaryl/α,β-unsaturated/α-hetero) is 2. The Balaban J connectivity index is 0.740. The Labute approximate surface area is 402 Å². The number of amides is 1. The molecule has 8 rings (SSSR count). The van der Waals surface area contributed by atoms with Crippen LogP contribution in [0.3, 0.4) is 0 Å². The van der Waals surface area contributed by atoms with Crippen LogP contribution in [-0.2, 0) is 9.59 Å². The monoisotopic (exact) mass is 932 g/mol. The molecule has 366 valence electrons. The van der Waals surface area contributed by atoms with Crippen LogP contribution < -0.4 is 10.7 Å². The van der Waals surface area contributed by atoms with Crippen LogP contribution in [0, 0.1) is 70.8 Å². The van der Waals surface area contributed by atoms with E-state index in [1.165, 1.54) is 77.0 Å². The molecule has 1 amide bonds. The molecular formula is C59H75F2NO6. The minimum absolute atomic E-state index is 0.0545. The molecule has 1 aliphatic heterocycles. The zero-order valence-corrected chi connectivity index (χ0v) is 41.5. The highest BCUT2D eigenvalue weighted by atomic mass is 19.1. The number of benzene rings is 3. The molecule has 5 aliphatic carbocycles. The zero-order chi connectivity index (χ0) is 48.5. The van der Waals surface area contributed by atoms with Crippen molar-refractivity contribution in [3.05, 3.63) is 87.1 Å². The molecule has 68 heavy (non-hydrogen) atoms. The third-order valence-electron chi connectivity index (χ3n) is 17.9. The lowest BCUT2D eigenvalue weighted by atomic mass is 9.46. The van der Waals surface area contributed by atoms with E-state index < -0.39 is 28.7 Å². The Morgan fingerprint density at radius 3 is 2.38 bits per heavy atom. The molecule has 0 saturated heterocycles. The third-order valence-corrected chi connectivity index (χ3v) is 17.9. The van der Waals surface area contributed by atoms with Gasteiger partial charge in [-0.3, -0.25) is 19.2 Å². The molecule has 2 aromatic rings. The summed E-state index contributed by atoms with van der Waals surface area (Å²) >= 11 is 0. The van der Waals surface area contributed by atoms with Gasteiger partial charge in [-0.15, -0.1) is 0 Å². The average Bonchev–Trinajstić information content (AvgIpc) is 3.66. The number of phenolic OH excluding ortho intramolecular Hbond substituents is 1. The number of rotatable bonds is 19. The molecule has 0 spiro atoms. The maximum atomic E-state index is 14.6. The number of unbranched alkanes of at least 4 members (excludes halogenated alkanes) is 2. The van der Waals surface area contributed by atoms with E-state index in [9.17, 15) is 33.1 Å². The fourth-order valence-corrected chi connectivity index (χ4v) is 14.2. The van der Waals surface area contributed by atoms with Gasteiger partial charge in [-0.05, 0) is 159 Å². The number of phenols is 1. The highest BCUT2D eigenvalue weighted by Crippen LogP contribution is 2.67. The molecule has 0 radical (unpaired) electrons. The van der Waals surface area contributed by atoms with E-state index in [0.717, 1.165) is 85.0 Å². The standard InChI is InChI=1S/C59H75F2NO6/c1-35(2)12-10-13-36(3)47-22-23-48-44-21-19-40-29-38(24-26-58(40,5)49(44)25-27-59(47,48)6)14-8-7-9-15-41(63)16-11-17-42(64)34-62-57(67)39-18-20-43(37(4)28-39)56-45-30-50(60)52(65)32-54(45)68-55-33-53(66)51(61)31-46(55)56/h18-20,28,30-33,35-36,38,44,47-49,65H,7-17,21-27,29,34H2,1-6H3,(H,62,67)/t36-,38+,44+,47?,48?,49?,58?,59?/m1/s1. The summed E-state index contributed by atoms with van der Waals surface area (Å²) < 4.78 is 34.9. The number of hydrogen-bond donors (Lipinski definition) is 2. The minimum atomic E-state index is -1.00. The molecule has 5 unspecified atom stereocenters. The molecule has 0 bridgehead atoms. The second-order valence-corrected chi connectivity index (χ2v) is 22.7. The van der Waals surface area contributed by atoms with E-state index in [2.05, 4.69) is 46.0 Å². The van der Waals surface area contributed by atoms with Crippen molar-refractivity contribution in [3.8, 4) is 28.2 Å². The lowest BCUT2D eigenvalue weighted by Gasteiger charge is -2.58. The first kappa shape index (κ1) is 49.8. The van der Waals surface area contributed by atoms with Crippen molar-refractivity contribution in [2.24, 2.45) is 52.3 Å². The summed E-state index contributed by atoms with van der Waals surface area (Å²) in [5.41, 5.74) is 3.91. The number of allylic oxidation sites excluding steroid dienone is 2. The SMILES string of the molecule is Cc1cc(C(=O)NCC(=O)CCCC(=O)CCCCC[C@H]2CCC3(C)C(=CC[C@@H]4C3CCC3(C)C4CCC3[C@H](C)CCCC(C)C)C2)ccc1-c1c2cc(F)c(=O)cc-2oc2cc(O)c(F)cc12. The first-order valence-corrected chi connectivity index (χ1v) is 26.2. The van der Waals surface area contributed by atoms with E-state index in [4.69, 9.17) is 4.42 Å². The van der Waals surface area contributed by atoms with Crippen LogP contribution in [0.5, 0.6) is 5.75 Å². The quantitative estimate of drug-likeness (QED) is 0.0550. The van der Waals surface area contributed by atoms with Crippen LogP contribution in [-0.4, -0.2) is 29.1 Å². The van der Waals surface area contributed by atoms with Gasteiger partial charge < -0.3 is 14.8 Å². The number of nitrogens with one attached hydrogen (secondary N) is 1. The lowest BCUT2D eigenvalue weighted by molar-refractivity contribution is -0.120. The van der Waals surface area contributed by atoms with Gasteiger partial charge in [0, 0.05) is 53.5 Å². The second kappa shape index (κ2) is 20.7. The third kappa shape index (κ3) is 10.3. The molecule has 2 aromatic carbocycles. The van der Waals surface area contributed by atoms with Crippen LogP contribution in [0.4, 0.5) is 8.78 Å². The Kier molecular flexibility index (Phi) is 15.2. The van der Waals surface area contributed by atoms with E-state index >= 15 is 0 Å². The van der Waals surface area contributed by atoms with E-state index in [-0.39, 0.29) is 52.4 Å². The molecule has 7 nitrogen and oxygen atoms in total. The fraction of sp³-hybridized carbons (Fsp3) is 0.593. The summed E-state index contributed by atoms with van der Waals surface area (Å²) in [6.07, 6.45) is 23.8. The van der Waals surface area contributed by atoms with Gasteiger partial charge in [-0.1, -0.05) is 90.9 Å². The molecule has 1 heterocycles. The maximum absolute atomic E-state index is 14.6. The smallest absolute Gasteiger partial charge is 0.251 e. The molecule has 0 aromatic heterocycles. The number of hydrogen-bond acceptors (Lipinski definition) is 6. The van der Waals surface area contributed by atoms with Gasteiger partial charge >= 0.3 is 0 Å². The van der Waals surface area contributed by atoms with Crippen LogP contribution in [0.25, 0.3) is 33.4 Å².